The van der Waals surface area contributed by atoms with Gasteiger partial charge in [-0.15, -0.1) is 6.58 Å². The van der Waals surface area contributed by atoms with Gasteiger partial charge in [0.15, 0.2) is 9.84 Å². The van der Waals surface area contributed by atoms with Crippen LogP contribution in [0.4, 0.5) is 0 Å². The summed E-state index contributed by atoms with van der Waals surface area (Å²) in [5.41, 5.74) is 0. The molecule has 0 heterocycles. The van der Waals surface area contributed by atoms with Crippen LogP contribution in [0.15, 0.2) is 36.3 Å². The molecule has 1 atom stereocenters. The SMILES string of the molecule is C=CCS(=O)(=O)C/C=C\S[S+]([O-])C/C=C/CCC. The van der Waals surface area contributed by atoms with Crippen molar-refractivity contribution in [1.29, 1.82) is 0 Å². The predicted octanol–water partition coefficient (Wildman–Crippen LogP) is 2.85. The smallest absolute Gasteiger partial charge is 0.157 e. The Morgan fingerprint density at radius 1 is 1.28 bits per heavy atom. The Balaban J connectivity index is 3.84. The molecule has 0 rings (SSSR count). The Kier molecular flexibility index (Phi) is 10.6. The van der Waals surface area contributed by atoms with E-state index in [-0.39, 0.29) is 11.5 Å². The van der Waals surface area contributed by atoms with Gasteiger partial charge >= 0.3 is 0 Å². The third-order valence-corrected chi connectivity index (χ3v) is 5.65. The summed E-state index contributed by atoms with van der Waals surface area (Å²) in [5.74, 6) is 0.439. The molecule has 0 aromatic heterocycles. The zero-order valence-corrected chi connectivity index (χ0v) is 13.0. The molecule has 0 aliphatic heterocycles. The summed E-state index contributed by atoms with van der Waals surface area (Å²) in [6, 6.07) is 0. The normalized spacial score (nSPS) is 14.3. The molecule has 0 aliphatic carbocycles. The standard InChI is InChI=1S/C12H20O3S3/c1-3-5-6-7-10-17(13)16-9-8-12-18(14,15)11-4-2/h4,6-9H,2-3,5,10-12H2,1H3/b7-6+,9-8-. The number of unbranched alkanes of at least 4 members (excludes halogenated alkanes) is 1. The summed E-state index contributed by atoms with van der Waals surface area (Å²) in [6.07, 6.45) is 8.88. The summed E-state index contributed by atoms with van der Waals surface area (Å²) in [5, 5.41) is 1.59. The van der Waals surface area contributed by atoms with E-state index in [1.165, 1.54) is 12.2 Å². The summed E-state index contributed by atoms with van der Waals surface area (Å²) in [6.45, 7) is 5.47. The van der Waals surface area contributed by atoms with E-state index < -0.39 is 20.0 Å². The topological polar surface area (TPSA) is 57.2 Å². The first-order chi connectivity index (χ1) is 8.52. The lowest BCUT2D eigenvalue weighted by Crippen LogP contribution is -2.06. The molecule has 0 aromatic rings. The first kappa shape index (κ1) is 17.8. The second kappa shape index (κ2) is 10.7. The minimum atomic E-state index is -3.09. The minimum absolute atomic E-state index is 0.0230. The highest BCUT2D eigenvalue weighted by atomic mass is 33.1. The molecule has 0 aromatic carbocycles. The van der Waals surface area contributed by atoms with E-state index in [2.05, 4.69) is 13.5 Å². The first-order valence-corrected chi connectivity index (χ1v) is 10.2. The van der Waals surface area contributed by atoms with E-state index in [9.17, 15) is 13.0 Å². The van der Waals surface area contributed by atoms with Crippen LogP contribution >= 0.6 is 10.8 Å². The van der Waals surface area contributed by atoms with E-state index >= 15 is 0 Å². The van der Waals surface area contributed by atoms with Gasteiger partial charge in [0.05, 0.1) is 11.5 Å². The predicted molar refractivity (Wildman–Crippen MR) is 82.6 cm³/mol. The molecular formula is C12H20O3S3. The van der Waals surface area contributed by atoms with Gasteiger partial charge in [0.2, 0.25) is 0 Å². The van der Waals surface area contributed by atoms with Crippen LogP contribution in [0.3, 0.4) is 0 Å². The Bertz CT molecular complexity index is 372. The molecule has 6 heteroatoms. The van der Waals surface area contributed by atoms with Gasteiger partial charge in [0.1, 0.15) is 16.5 Å². The highest BCUT2D eigenvalue weighted by molar-refractivity contribution is 8.73. The largest absolute Gasteiger partial charge is 0.605 e. The molecule has 0 radical (unpaired) electrons. The minimum Gasteiger partial charge on any atom is -0.605 e. The lowest BCUT2D eigenvalue weighted by Gasteiger charge is -2.02. The van der Waals surface area contributed by atoms with Crippen molar-refractivity contribution in [3.8, 4) is 0 Å². The number of rotatable bonds is 10. The summed E-state index contributed by atoms with van der Waals surface area (Å²) in [7, 11) is -2.97. The average molecular weight is 308 g/mol. The monoisotopic (exact) mass is 308 g/mol. The van der Waals surface area contributed by atoms with Crippen LogP contribution < -0.4 is 0 Å². The molecule has 0 saturated carbocycles. The van der Waals surface area contributed by atoms with Crippen molar-refractivity contribution >= 4 is 30.8 Å². The first-order valence-electron chi connectivity index (χ1n) is 5.68. The molecule has 18 heavy (non-hydrogen) atoms. The van der Waals surface area contributed by atoms with Gasteiger partial charge in [-0.05, 0) is 12.5 Å². The van der Waals surface area contributed by atoms with E-state index in [1.807, 2.05) is 12.2 Å². The maximum Gasteiger partial charge on any atom is 0.157 e. The Morgan fingerprint density at radius 3 is 2.61 bits per heavy atom. The maximum atomic E-state index is 11.5. The summed E-state index contributed by atoms with van der Waals surface area (Å²) >= 11 is 0. The lowest BCUT2D eigenvalue weighted by atomic mass is 10.3. The van der Waals surface area contributed by atoms with Crippen molar-refractivity contribution < 1.29 is 13.0 Å². The Hall–Kier alpha value is -0.170. The summed E-state index contributed by atoms with van der Waals surface area (Å²) in [4.78, 5) is 0. The quantitative estimate of drug-likeness (QED) is 0.354. The Morgan fingerprint density at radius 2 is 2.00 bits per heavy atom. The van der Waals surface area contributed by atoms with Crippen LogP contribution in [0, 0.1) is 0 Å². The number of sulfone groups is 1. The van der Waals surface area contributed by atoms with Crippen LogP contribution in [0.2, 0.25) is 0 Å². The van der Waals surface area contributed by atoms with Crippen LogP contribution in [0.1, 0.15) is 19.8 Å². The van der Waals surface area contributed by atoms with Crippen molar-refractivity contribution in [3.05, 3.63) is 36.3 Å². The summed E-state index contributed by atoms with van der Waals surface area (Å²) < 4.78 is 34.1. The van der Waals surface area contributed by atoms with Gasteiger partial charge in [-0.25, -0.2) is 8.42 Å². The van der Waals surface area contributed by atoms with Crippen molar-refractivity contribution in [2.75, 3.05) is 17.3 Å². The van der Waals surface area contributed by atoms with Gasteiger partial charge in [-0.1, -0.05) is 31.6 Å². The van der Waals surface area contributed by atoms with Crippen LogP contribution in [0.5, 0.6) is 0 Å². The van der Waals surface area contributed by atoms with Crippen molar-refractivity contribution in [2.45, 2.75) is 19.8 Å². The van der Waals surface area contributed by atoms with Gasteiger partial charge < -0.3 is 4.55 Å². The molecule has 0 aliphatic rings. The van der Waals surface area contributed by atoms with E-state index in [0.29, 0.717) is 5.75 Å². The Labute approximate surface area is 117 Å². The fraction of sp³-hybridized carbons (Fsp3) is 0.500. The fourth-order valence-electron chi connectivity index (χ4n) is 1.01. The molecular weight excluding hydrogens is 288 g/mol. The van der Waals surface area contributed by atoms with Crippen LogP contribution in [0.25, 0.3) is 0 Å². The van der Waals surface area contributed by atoms with Gasteiger partial charge in [-0.2, -0.15) is 0 Å². The molecule has 0 N–H and O–H groups in total. The van der Waals surface area contributed by atoms with Gasteiger partial charge in [0, 0.05) is 15.6 Å². The van der Waals surface area contributed by atoms with E-state index in [0.717, 1.165) is 23.6 Å². The van der Waals surface area contributed by atoms with Gasteiger partial charge in [0.25, 0.3) is 0 Å². The van der Waals surface area contributed by atoms with Crippen LogP contribution in [-0.4, -0.2) is 30.2 Å². The average Bonchev–Trinajstić information content (AvgIpc) is 2.30. The molecule has 1 unspecified atom stereocenters. The number of hydrogen-bond acceptors (Lipinski definition) is 4. The second-order valence-electron chi connectivity index (χ2n) is 3.56. The van der Waals surface area contributed by atoms with Gasteiger partial charge in [-0.3, -0.25) is 0 Å². The molecule has 104 valence electrons. The second-order valence-corrected chi connectivity index (χ2v) is 8.82. The molecule has 3 nitrogen and oxygen atoms in total. The van der Waals surface area contributed by atoms with E-state index in [4.69, 9.17) is 0 Å². The molecule has 0 fully saturated rings. The number of allylic oxidation sites excluding steroid dienone is 1. The molecule has 0 bridgehead atoms. The van der Waals surface area contributed by atoms with E-state index in [1.54, 1.807) is 5.41 Å². The molecule has 0 spiro atoms. The van der Waals surface area contributed by atoms with Crippen LogP contribution in [-0.2, 0) is 20.0 Å². The maximum absolute atomic E-state index is 11.5. The highest BCUT2D eigenvalue weighted by Crippen LogP contribution is 2.15. The third kappa shape index (κ3) is 11.0. The zero-order valence-electron chi connectivity index (χ0n) is 10.6. The number of hydrogen-bond donors (Lipinski definition) is 0. The van der Waals surface area contributed by atoms with Crippen molar-refractivity contribution in [3.63, 3.8) is 0 Å². The van der Waals surface area contributed by atoms with Crippen molar-refractivity contribution in [1.82, 2.24) is 0 Å². The molecule has 0 saturated heterocycles. The van der Waals surface area contributed by atoms with Crippen molar-refractivity contribution in [2.24, 2.45) is 0 Å². The zero-order chi connectivity index (χ0) is 13.9. The lowest BCUT2D eigenvalue weighted by molar-refractivity contribution is 0.601. The third-order valence-electron chi connectivity index (χ3n) is 1.84. The fourth-order valence-corrected chi connectivity index (χ4v) is 3.76. The molecule has 0 amide bonds. The highest BCUT2D eigenvalue weighted by Gasteiger charge is 2.06.